The normalized spacial score (nSPS) is 21.7. The first-order valence-electron chi connectivity index (χ1n) is 4.58. The van der Waals surface area contributed by atoms with E-state index in [1.54, 1.807) is 0 Å². The van der Waals surface area contributed by atoms with E-state index < -0.39 is 9.05 Å². The van der Waals surface area contributed by atoms with E-state index in [-0.39, 0.29) is 36.6 Å². The molecule has 1 unspecified atom stereocenters. The number of oxazole rings is 1. The molecule has 0 aromatic carbocycles. The molecule has 0 N–H and O–H groups in total. The van der Waals surface area contributed by atoms with Crippen LogP contribution >= 0.6 is 10.7 Å². The van der Waals surface area contributed by atoms with Crippen LogP contribution in [-0.4, -0.2) is 31.6 Å². The zero-order valence-electron chi connectivity index (χ0n) is 8.17. The maximum Gasteiger partial charge on any atom is 0.303 e. The maximum absolute atomic E-state index is 11.6. The molecule has 0 spiro atoms. The van der Waals surface area contributed by atoms with Gasteiger partial charge in [0.15, 0.2) is 0 Å². The molecule has 1 fully saturated rings. The third-order valence-corrected chi connectivity index (χ3v) is 3.54. The third kappa shape index (κ3) is 2.53. The molecule has 1 saturated heterocycles. The summed E-state index contributed by atoms with van der Waals surface area (Å²) in [6.45, 7) is 0.269. The fourth-order valence-electron chi connectivity index (χ4n) is 1.71. The Kier molecular flexibility index (Phi) is 2.90. The van der Waals surface area contributed by atoms with Gasteiger partial charge in [0.1, 0.15) is 6.26 Å². The number of hydrogen-bond donors (Lipinski definition) is 0. The smallest absolute Gasteiger partial charge is 0.303 e. The van der Waals surface area contributed by atoms with Crippen molar-refractivity contribution in [1.82, 2.24) is 4.98 Å². The number of carbonyl (C=O) groups excluding carboxylic acids is 1. The van der Waals surface area contributed by atoms with Gasteiger partial charge in [-0.1, -0.05) is 0 Å². The molecule has 0 bridgehead atoms. The zero-order chi connectivity index (χ0) is 11.8. The fourth-order valence-corrected chi connectivity index (χ4v) is 3.03. The van der Waals surface area contributed by atoms with Crippen molar-refractivity contribution in [2.24, 2.45) is 5.92 Å². The van der Waals surface area contributed by atoms with Gasteiger partial charge in [-0.05, 0) is 0 Å². The Bertz CT molecular complexity index is 484. The van der Waals surface area contributed by atoms with Crippen LogP contribution in [0.15, 0.2) is 16.9 Å². The van der Waals surface area contributed by atoms with Crippen LogP contribution in [0.4, 0.5) is 6.01 Å². The molecular weight excluding hydrogens is 256 g/mol. The number of amides is 1. The van der Waals surface area contributed by atoms with Crippen molar-refractivity contribution in [3.63, 3.8) is 0 Å². The van der Waals surface area contributed by atoms with Crippen LogP contribution in [-0.2, 0) is 13.8 Å². The van der Waals surface area contributed by atoms with Gasteiger partial charge in [-0.2, -0.15) is 0 Å². The molecule has 2 heterocycles. The van der Waals surface area contributed by atoms with E-state index in [4.69, 9.17) is 15.1 Å². The lowest BCUT2D eigenvalue weighted by molar-refractivity contribution is -0.117. The molecule has 0 aliphatic carbocycles. The van der Waals surface area contributed by atoms with E-state index in [2.05, 4.69) is 4.98 Å². The van der Waals surface area contributed by atoms with Crippen molar-refractivity contribution in [2.75, 3.05) is 17.2 Å². The highest BCUT2D eigenvalue weighted by molar-refractivity contribution is 8.13. The molecule has 0 radical (unpaired) electrons. The second kappa shape index (κ2) is 4.06. The predicted octanol–water partition coefficient (Wildman–Crippen LogP) is 0.596. The highest BCUT2D eigenvalue weighted by atomic mass is 35.7. The molecule has 2 rings (SSSR count). The topological polar surface area (TPSA) is 80.5 Å². The molecule has 1 aromatic rings. The Balaban J connectivity index is 2.08. The first-order valence-corrected chi connectivity index (χ1v) is 7.06. The van der Waals surface area contributed by atoms with Gasteiger partial charge < -0.3 is 4.42 Å². The Morgan fingerprint density at radius 1 is 1.62 bits per heavy atom. The van der Waals surface area contributed by atoms with Gasteiger partial charge >= 0.3 is 6.01 Å². The van der Waals surface area contributed by atoms with E-state index in [1.165, 1.54) is 17.4 Å². The molecule has 8 heteroatoms. The summed E-state index contributed by atoms with van der Waals surface area (Å²) in [6, 6.07) is 0.194. The minimum atomic E-state index is -3.58. The number of hydrogen-bond acceptors (Lipinski definition) is 5. The molecule has 1 aliphatic rings. The van der Waals surface area contributed by atoms with Crippen molar-refractivity contribution in [1.29, 1.82) is 0 Å². The van der Waals surface area contributed by atoms with Crippen LogP contribution < -0.4 is 4.90 Å². The van der Waals surface area contributed by atoms with Crippen LogP contribution in [0.1, 0.15) is 6.42 Å². The first kappa shape index (κ1) is 11.4. The zero-order valence-corrected chi connectivity index (χ0v) is 9.74. The largest absolute Gasteiger partial charge is 0.432 e. The van der Waals surface area contributed by atoms with Crippen LogP contribution in [0, 0.1) is 5.92 Å². The summed E-state index contributed by atoms with van der Waals surface area (Å²) in [5.74, 6) is -0.716. The van der Waals surface area contributed by atoms with Crippen molar-refractivity contribution in [3.05, 3.63) is 12.5 Å². The minimum absolute atomic E-state index is 0.147. The molecule has 0 saturated carbocycles. The van der Waals surface area contributed by atoms with E-state index in [0.29, 0.717) is 0 Å². The first-order chi connectivity index (χ1) is 7.46. The summed E-state index contributed by atoms with van der Waals surface area (Å²) < 4.78 is 26.7. The molecule has 1 aliphatic heterocycles. The third-order valence-electron chi connectivity index (χ3n) is 2.29. The predicted molar refractivity (Wildman–Crippen MR) is 56.6 cm³/mol. The van der Waals surface area contributed by atoms with Crippen molar-refractivity contribution < 1.29 is 17.6 Å². The number of rotatable bonds is 3. The van der Waals surface area contributed by atoms with Crippen molar-refractivity contribution in [2.45, 2.75) is 6.42 Å². The van der Waals surface area contributed by atoms with E-state index in [0.717, 1.165) is 0 Å². The van der Waals surface area contributed by atoms with E-state index in [9.17, 15) is 13.2 Å². The number of nitrogens with zero attached hydrogens (tertiary/aromatic N) is 2. The Morgan fingerprint density at radius 3 is 2.94 bits per heavy atom. The van der Waals surface area contributed by atoms with Crippen LogP contribution in [0.5, 0.6) is 0 Å². The number of aromatic nitrogens is 1. The molecule has 88 valence electrons. The van der Waals surface area contributed by atoms with E-state index >= 15 is 0 Å². The SMILES string of the molecule is O=C1CC(CS(=O)(=O)Cl)CN1c1ncco1. The molecule has 1 aromatic heterocycles. The number of anilines is 1. The molecule has 1 atom stereocenters. The summed E-state index contributed by atoms with van der Waals surface area (Å²) in [7, 11) is 1.56. The standard InChI is InChI=1S/C8H9ClN2O4S/c9-16(13,14)5-6-3-7(12)11(4-6)8-10-1-2-15-8/h1-2,6H,3-5H2. The van der Waals surface area contributed by atoms with Crippen LogP contribution in [0.25, 0.3) is 0 Å². The van der Waals surface area contributed by atoms with Crippen molar-refractivity contribution >= 4 is 31.7 Å². The lowest BCUT2D eigenvalue weighted by Crippen LogP contribution is -2.25. The van der Waals surface area contributed by atoms with Crippen molar-refractivity contribution in [3.8, 4) is 0 Å². The fraction of sp³-hybridized carbons (Fsp3) is 0.500. The Morgan fingerprint density at radius 2 is 2.38 bits per heavy atom. The average molecular weight is 265 g/mol. The highest BCUT2D eigenvalue weighted by Crippen LogP contribution is 2.25. The summed E-state index contributed by atoms with van der Waals surface area (Å²) in [4.78, 5) is 16.7. The van der Waals surface area contributed by atoms with Gasteiger partial charge in [0, 0.05) is 29.6 Å². The average Bonchev–Trinajstić information content (AvgIpc) is 2.71. The molecule has 6 nitrogen and oxygen atoms in total. The van der Waals surface area contributed by atoms with E-state index in [1.807, 2.05) is 0 Å². The summed E-state index contributed by atoms with van der Waals surface area (Å²) in [5, 5.41) is 0. The van der Waals surface area contributed by atoms with Crippen LogP contribution in [0.2, 0.25) is 0 Å². The van der Waals surface area contributed by atoms with Gasteiger partial charge in [0.05, 0.1) is 11.9 Å². The second-order valence-corrected chi connectivity index (χ2v) is 6.42. The lowest BCUT2D eigenvalue weighted by atomic mass is 10.1. The number of carbonyl (C=O) groups is 1. The number of halogens is 1. The Labute approximate surface area is 96.6 Å². The second-order valence-electron chi connectivity index (χ2n) is 3.59. The molecule has 1 amide bonds. The van der Waals surface area contributed by atoms with Gasteiger partial charge in [-0.3, -0.25) is 9.69 Å². The molecule has 16 heavy (non-hydrogen) atoms. The lowest BCUT2D eigenvalue weighted by Gasteiger charge is -2.10. The minimum Gasteiger partial charge on any atom is -0.432 e. The monoisotopic (exact) mass is 264 g/mol. The Hall–Kier alpha value is -1.08. The van der Waals surface area contributed by atoms with Gasteiger partial charge in [0.2, 0.25) is 15.0 Å². The quantitative estimate of drug-likeness (QED) is 0.747. The van der Waals surface area contributed by atoms with Crippen LogP contribution in [0.3, 0.4) is 0 Å². The summed E-state index contributed by atoms with van der Waals surface area (Å²) >= 11 is 0. The summed E-state index contributed by atoms with van der Waals surface area (Å²) in [6.07, 6.45) is 2.93. The summed E-state index contributed by atoms with van der Waals surface area (Å²) in [5.41, 5.74) is 0. The van der Waals surface area contributed by atoms with Gasteiger partial charge in [0.25, 0.3) is 0 Å². The van der Waals surface area contributed by atoms with Gasteiger partial charge in [-0.25, -0.2) is 13.4 Å². The van der Waals surface area contributed by atoms with Gasteiger partial charge in [-0.15, -0.1) is 0 Å². The molecular formula is C8H9ClN2O4S. The highest BCUT2D eigenvalue weighted by Gasteiger charge is 2.35. The maximum atomic E-state index is 11.6.